The number of nitrogens with zero attached hydrogens (tertiary/aromatic N) is 1. The number of carbonyl (C=O) groups excluding carboxylic acids is 1. The van der Waals surface area contributed by atoms with Crippen LogP contribution in [0.2, 0.25) is 0 Å². The molecule has 7 heteroatoms. The highest BCUT2D eigenvalue weighted by Crippen LogP contribution is 2.31. The van der Waals surface area contributed by atoms with Gasteiger partial charge in [0.1, 0.15) is 5.75 Å². The SMILES string of the molecule is CCC(=O)N1CCc2cc(S(=O)(=O)NC(C)c3ccc(OC)cc3)ccc21. The third-order valence-electron chi connectivity index (χ3n) is 4.81. The summed E-state index contributed by atoms with van der Waals surface area (Å²) >= 11 is 0. The van der Waals surface area contributed by atoms with Crippen molar-refractivity contribution in [2.24, 2.45) is 0 Å². The van der Waals surface area contributed by atoms with Crippen molar-refractivity contribution in [3.63, 3.8) is 0 Å². The van der Waals surface area contributed by atoms with Crippen LogP contribution in [0.4, 0.5) is 5.69 Å². The van der Waals surface area contributed by atoms with Crippen LogP contribution < -0.4 is 14.4 Å². The molecule has 6 nitrogen and oxygen atoms in total. The van der Waals surface area contributed by atoms with E-state index in [1.54, 1.807) is 49.3 Å². The third kappa shape index (κ3) is 3.99. The zero-order valence-electron chi connectivity index (χ0n) is 15.7. The summed E-state index contributed by atoms with van der Waals surface area (Å²) in [5.41, 5.74) is 2.54. The van der Waals surface area contributed by atoms with Gasteiger partial charge in [0.25, 0.3) is 0 Å². The summed E-state index contributed by atoms with van der Waals surface area (Å²) in [5.74, 6) is 0.772. The number of fused-ring (bicyclic) bond motifs is 1. The van der Waals surface area contributed by atoms with Gasteiger partial charge in [-0.1, -0.05) is 19.1 Å². The van der Waals surface area contributed by atoms with Crippen molar-refractivity contribution >= 4 is 21.6 Å². The minimum atomic E-state index is -3.67. The number of sulfonamides is 1. The fraction of sp³-hybridized carbons (Fsp3) is 0.350. The largest absolute Gasteiger partial charge is 0.497 e. The zero-order valence-corrected chi connectivity index (χ0v) is 16.5. The number of hydrogen-bond acceptors (Lipinski definition) is 4. The maximum Gasteiger partial charge on any atom is 0.241 e. The second kappa shape index (κ2) is 7.70. The number of carbonyl (C=O) groups is 1. The smallest absolute Gasteiger partial charge is 0.241 e. The highest BCUT2D eigenvalue weighted by Gasteiger charge is 2.26. The summed E-state index contributed by atoms with van der Waals surface area (Å²) in [4.78, 5) is 13.9. The van der Waals surface area contributed by atoms with Crippen LogP contribution in [0, 0.1) is 0 Å². The lowest BCUT2D eigenvalue weighted by molar-refractivity contribution is -0.118. The standard InChI is InChI=1S/C20H24N2O4S/c1-4-20(23)22-12-11-16-13-18(9-10-19(16)22)27(24,25)21-14(2)15-5-7-17(26-3)8-6-15/h5-10,13-14,21H,4,11-12H2,1-3H3. The molecule has 1 aliphatic heterocycles. The summed E-state index contributed by atoms with van der Waals surface area (Å²) in [6.07, 6.45) is 1.10. The Hall–Kier alpha value is -2.38. The summed E-state index contributed by atoms with van der Waals surface area (Å²) < 4.78 is 33.4. The van der Waals surface area contributed by atoms with E-state index in [1.807, 2.05) is 19.1 Å². The van der Waals surface area contributed by atoms with Crippen molar-refractivity contribution in [1.29, 1.82) is 0 Å². The van der Waals surface area contributed by atoms with E-state index < -0.39 is 10.0 Å². The fourth-order valence-electron chi connectivity index (χ4n) is 3.26. The molecule has 1 amide bonds. The van der Waals surface area contributed by atoms with Gasteiger partial charge in [0.15, 0.2) is 0 Å². The Morgan fingerprint density at radius 3 is 2.56 bits per heavy atom. The van der Waals surface area contributed by atoms with Gasteiger partial charge in [0, 0.05) is 24.7 Å². The van der Waals surface area contributed by atoms with E-state index in [4.69, 9.17) is 4.74 Å². The van der Waals surface area contributed by atoms with Gasteiger partial charge in [-0.15, -0.1) is 0 Å². The van der Waals surface area contributed by atoms with Gasteiger partial charge >= 0.3 is 0 Å². The molecular weight excluding hydrogens is 364 g/mol. The van der Waals surface area contributed by atoms with Crippen LogP contribution >= 0.6 is 0 Å². The molecule has 2 aromatic carbocycles. The third-order valence-corrected chi connectivity index (χ3v) is 6.35. The van der Waals surface area contributed by atoms with Gasteiger partial charge < -0.3 is 9.64 Å². The van der Waals surface area contributed by atoms with E-state index in [0.717, 1.165) is 22.6 Å². The van der Waals surface area contributed by atoms with E-state index in [2.05, 4.69) is 4.72 Å². The minimum Gasteiger partial charge on any atom is -0.497 e. The molecule has 0 aromatic heterocycles. The van der Waals surface area contributed by atoms with E-state index in [9.17, 15) is 13.2 Å². The van der Waals surface area contributed by atoms with Crippen molar-refractivity contribution in [1.82, 2.24) is 4.72 Å². The van der Waals surface area contributed by atoms with Gasteiger partial charge in [0.05, 0.1) is 12.0 Å². The van der Waals surface area contributed by atoms with Gasteiger partial charge in [-0.3, -0.25) is 4.79 Å². The predicted octanol–water partition coefficient (Wildman–Crippen LogP) is 3.03. The first kappa shape index (κ1) is 19.4. The van der Waals surface area contributed by atoms with Crippen molar-refractivity contribution in [2.45, 2.75) is 37.6 Å². The molecule has 0 spiro atoms. The molecule has 2 aromatic rings. The molecular formula is C20H24N2O4S. The second-order valence-electron chi connectivity index (χ2n) is 6.56. The first-order valence-corrected chi connectivity index (χ1v) is 10.4. The summed E-state index contributed by atoms with van der Waals surface area (Å²) in [6, 6.07) is 11.8. The summed E-state index contributed by atoms with van der Waals surface area (Å²) in [7, 11) is -2.09. The highest BCUT2D eigenvalue weighted by atomic mass is 32.2. The number of rotatable bonds is 6. The molecule has 0 saturated heterocycles. The van der Waals surface area contributed by atoms with Crippen LogP contribution in [0.3, 0.4) is 0 Å². The topological polar surface area (TPSA) is 75.7 Å². The fourth-order valence-corrected chi connectivity index (χ4v) is 4.54. The van der Waals surface area contributed by atoms with Crippen LogP contribution in [-0.2, 0) is 21.2 Å². The van der Waals surface area contributed by atoms with E-state index in [1.165, 1.54) is 0 Å². The second-order valence-corrected chi connectivity index (χ2v) is 8.27. The Kier molecular flexibility index (Phi) is 5.53. The average molecular weight is 388 g/mol. The van der Waals surface area contributed by atoms with Crippen molar-refractivity contribution in [3.05, 3.63) is 53.6 Å². The molecule has 1 atom stereocenters. The van der Waals surface area contributed by atoms with E-state index in [-0.39, 0.29) is 16.8 Å². The van der Waals surface area contributed by atoms with Crippen LogP contribution in [0.15, 0.2) is 47.4 Å². The number of hydrogen-bond donors (Lipinski definition) is 1. The van der Waals surface area contributed by atoms with Crippen LogP contribution in [0.1, 0.15) is 37.4 Å². The lowest BCUT2D eigenvalue weighted by Crippen LogP contribution is -2.28. The van der Waals surface area contributed by atoms with Gasteiger partial charge in [-0.25, -0.2) is 13.1 Å². The summed E-state index contributed by atoms with van der Waals surface area (Å²) in [5, 5.41) is 0. The molecule has 0 saturated carbocycles. The Bertz CT molecular complexity index is 939. The monoisotopic (exact) mass is 388 g/mol. The molecule has 1 heterocycles. The number of anilines is 1. The van der Waals surface area contributed by atoms with Gasteiger partial charge in [-0.2, -0.15) is 0 Å². The molecule has 1 aliphatic rings. The van der Waals surface area contributed by atoms with E-state index in [0.29, 0.717) is 19.4 Å². The quantitative estimate of drug-likeness (QED) is 0.825. The van der Waals surface area contributed by atoms with Crippen molar-refractivity contribution < 1.29 is 17.9 Å². The number of methoxy groups -OCH3 is 1. The first-order chi connectivity index (χ1) is 12.9. The molecule has 1 N–H and O–H groups in total. The number of amides is 1. The van der Waals surface area contributed by atoms with Crippen LogP contribution in [0.25, 0.3) is 0 Å². The normalized spacial score (nSPS) is 14.7. The Balaban J connectivity index is 1.80. The zero-order chi connectivity index (χ0) is 19.6. The Labute approximate surface area is 160 Å². The number of benzene rings is 2. The first-order valence-electron chi connectivity index (χ1n) is 8.95. The molecule has 0 fully saturated rings. The predicted molar refractivity (Wildman–Crippen MR) is 105 cm³/mol. The number of ether oxygens (including phenoxy) is 1. The van der Waals surface area contributed by atoms with Crippen LogP contribution in [0.5, 0.6) is 5.75 Å². The molecule has 1 unspecified atom stereocenters. The van der Waals surface area contributed by atoms with Crippen molar-refractivity contribution in [3.8, 4) is 5.75 Å². The molecule has 144 valence electrons. The lowest BCUT2D eigenvalue weighted by atomic mass is 10.1. The molecule has 0 bridgehead atoms. The molecule has 27 heavy (non-hydrogen) atoms. The van der Waals surface area contributed by atoms with E-state index >= 15 is 0 Å². The van der Waals surface area contributed by atoms with Crippen molar-refractivity contribution in [2.75, 3.05) is 18.6 Å². The average Bonchev–Trinajstić information content (AvgIpc) is 3.10. The minimum absolute atomic E-state index is 0.0515. The molecule has 0 aliphatic carbocycles. The highest BCUT2D eigenvalue weighted by molar-refractivity contribution is 7.89. The van der Waals surface area contributed by atoms with Gasteiger partial charge in [-0.05, 0) is 54.8 Å². The van der Waals surface area contributed by atoms with Crippen LogP contribution in [-0.4, -0.2) is 28.0 Å². The molecule has 0 radical (unpaired) electrons. The molecule has 3 rings (SSSR count). The maximum atomic E-state index is 12.8. The number of nitrogens with one attached hydrogen (secondary N) is 1. The summed E-state index contributed by atoms with van der Waals surface area (Å²) in [6.45, 7) is 4.22. The Morgan fingerprint density at radius 2 is 1.93 bits per heavy atom. The maximum absolute atomic E-state index is 12.8. The van der Waals surface area contributed by atoms with Gasteiger partial charge in [0.2, 0.25) is 15.9 Å². The lowest BCUT2D eigenvalue weighted by Gasteiger charge is -2.18. The Morgan fingerprint density at radius 1 is 1.22 bits per heavy atom.